The molecule has 29 heavy (non-hydrogen) atoms. The molecule has 0 spiro atoms. The third-order valence-electron chi connectivity index (χ3n) is 3.72. The Morgan fingerprint density at radius 1 is 0.690 bits per heavy atom. The van der Waals surface area contributed by atoms with Crippen molar-refractivity contribution in [1.29, 1.82) is 0 Å². The number of phenols is 3. The predicted octanol–water partition coefficient (Wildman–Crippen LogP) is 5.12. The molecule has 0 aliphatic carbocycles. The van der Waals surface area contributed by atoms with Crippen LogP contribution in [0.25, 0.3) is 6.08 Å². The summed E-state index contributed by atoms with van der Waals surface area (Å²) in [6.07, 6.45) is 4.48. The van der Waals surface area contributed by atoms with E-state index in [1.165, 1.54) is 18.9 Å². The minimum Gasteiger partial charge on any atom is -0.508 e. The van der Waals surface area contributed by atoms with Crippen LogP contribution in [0, 0.1) is 0 Å². The van der Waals surface area contributed by atoms with Gasteiger partial charge >= 0.3 is 0 Å². The van der Waals surface area contributed by atoms with Gasteiger partial charge in [0.05, 0.1) is 0 Å². The van der Waals surface area contributed by atoms with Gasteiger partial charge in [0.1, 0.15) is 17.2 Å². The van der Waals surface area contributed by atoms with E-state index in [0.717, 1.165) is 12.2 Å². The van der Waals surface area contributed by atoms with Crippen molar-refractivity contribution in [1.82, 2.24) is 0 Å². The number of hydrogen-bond donors (Lipinski definition) is 3. The Hall–Kier alpha value is -3.02. The van der Waals surface area contributed by atoms with Crippen molar-refractivity contribution in [3.05, 3.63) is 97.1 Å². The third-order valence-corrected chi connectivity index (χ3v) is 5.08. The molecule has 154 valence electrons. The van der Waals surface area contributed by atoms with Crippen LogP contribution < -0.4 is 0 Å². The first kappa shape index (κ1) is 24.0. The van der Waals surface area contributed by atoms with E-state index in [0.29, 0.717) is 17.2 Å². The van der Waals surface area contributed by atoms with Crippen LogP contribution >= 0.6 is 0 Å². The molecule has 0 saturated carbocycles. The van der Waals surface area contributed by atoms with Gasteiger partial charge in [-0.15, -0.1) is 0 Å². The molecule has 0 amide bonds. The molecule has 5 heteroatoms. The van der Waals surface area contributed by atoms with E-state index >= 15 is 0 Å². The van der Waals surface area contributed by atoms with E-state index in [-0.39, 0.29) is 9.76 Å². The maximum absolute atomic E-state index is 8.82. The summed E-state index contributed by atoms with van der Waals surface area (Å²) in [6, 6.07) is 25.7. The second-order valence-corrected chi connectivity index (χ2v) is 7.66. The number of benzene rings is 3. The quantitative estimate of drug-likeness (QED) is 0.487. The van der Waals surface area contributed by atoms with Gasteiger partial charge in [-0.3, -0.25) is 0 Å². The van der Waals surface area contributed by atoms with Gasteiger partial charge in [-0.1, -0.05) is 67.6 Å². The minimum absolute atomic E-state index is 0.00849. The van der Waals surface area contributed by atoms with E-state index in [1.807, 2.05) is 24.3 Å². The van der Waals surface area contributed by atoms with Crippen molar-refractivity contribution in [2.45, 2.75) is 18.9 Å². The SMILES string of the molecule is C1CC[SiH2]OC1.C=Cc1ccc(O)cc1.Oc1ccccc1.Oc1ccccc1. The molecule has 1 fully saturated rings. The topological polar surface area (TPSA) is 69.9 Å². The first-order valence-electron chi connectivity index (χ1n) is 9.59. The predicted molar refractivity (Wildman–Crippen MR) is 123 cm³/mol. The standard InChI is InChI=1S/C8H8O.2C6H6O.C4H10OSi/c1-2-7-3-5-8(9)6-4-7;2*7-6-4-2-1-3-5-6;1-2-4-6-5-3-1/h2-6,9H,1H2;2*1-5,7H;1-4,6H2. The molecule has 1 saturated heterocycles. The second kappa shape index (κ2) is 16.0. The Morgan fingerprint density at radius 3 is 1.41 bits per heavy atom. The molecule has 1 aliphatic rings. The van der Waals surface area contributed by atoms with E-state index in [4.69, 9.17) is 19.7 Å². The van der Waals surface area contributed by atoms with Crippen LogP contribution in [0.3, 0.4) is 0 Å². The van der Waals surface area contributed by atoms with Gasteiger partial charge in [-0.05, 0) is 54.4 Å². The molecular weight excluding hydrogens is 380 g/mol. The lowest BCUT2D eigenvalue weighted by Crippen LogP contribution is -2.06. The first-order chi connectivity index (χ1) is 14.1. The Bertz CT molecular complexity index is 709. The summed E-state index contributed by atoms with van der Waals surface area (Å²) < 4.78 is 5.21. The molecule has 0 atom stereocenters. The molecular formula is C24H30O4Si. The van der Waals surface area contributed by atoms with E-state index in [1.54, 1.807) is 66.7 Å². The first-order valence-corrected chi connectivity index (χ1v) is 11.2. The Labute approximate surface area is 175 Å². The van der Waals surface area contributed by atoms with Gasteiger partial charge < -0.3 is 19.7 Å². The van der Waals surface area contributed by atoms with E-state index in [2.05, 4.69) is 6.58 Å². The average Bonchev–Trinajstić information content (AvgIpc) is 2.78. The zero-order valence-corrected chi connectivity index (χ0v) is 18.1. The highest BCUT2D eigenvalue weighted by molar-refractivity contribution is 6.27. The zero-order valence-electron chi connectivity index (χ0n) is 16.7. The van der Waals surface area contributed by atoms with Crippen molar-refractivity contribution in [3.63, 3.8) is 0 Å². The molecule has 3 aromatic rings. The normalized spacial score (nSPS) is 12.7. The third kappa shape index (κ3) is 13.7. The van der Waals surface area contributed by atoms with Crippen LogP contribution in [-0.2, 0) is 4.43 Å². The molecule has 0 bridgehead atoms. The average molecular weight is 411 g/mol. The summed E-state index contributed by atoms with van der Waals surface area (Å²) in [5, 5.41) is 26.1. The summed E-state index contributed by atoms with van der Waals surface area (Å²) in [7, 11) is 0.00849. The Morgan fingerprint density at radius 2 is 1.17 bits per heavy atom. The molecule has 0 aromatic heterocycles. The van der Waals surface area contributed by atoms with Crippen LogP contribution in [0.15, 0.2) is 91.5 Å². The van der Waals surface area contributed by atoms with Crippen LogP contribution in [0.1, 0.15) is 18.4 Å². The highest BCUT2D eigenvalue weighted by Crippen LogP contribution is 2.09. The Kier molecular flexibility index (Phi) is 13.2. The maximum atomic E-state index is 8.82. The van der Waals surface area contributed by atoms with Crippen LogP contribution in [-0.4, -0.2) is 31.7 Å². The summed E-state index contributed by atoms with van der Waals surface area (Å²) in [5.74, 6) is 0.936. The van der Waals surface area contributed by atoms with Crippen LogP contribution in [0.4, 0.5) is 0 Å². The molecule has 4 rings (SSSR count). The van der Waals surface area contributed by atoms with Gasteiger partial charge in [0.15, 0.2) is 9.76 Å². The fraction of sp³-hybridized carbons (Fsp3) is 0.167. The zero-order chi connectivity index (χ0) is 21.2. The van der Waals surface area contributed by atoms with Crippen molar-refractivity contribution < 1.29 is 19.7 Å². The second-order valence-electron chi connectivity index (χ2n) is 6.14. The van der Waals surface area contributed by atoms with Crippen molar-refractivity contribution in [2.75, 3.05) is 6.61 Å². The monoisotopic (exact) mass is 410 g/mol. The lowest BCUT2D eigenvalue weighted by molar-refractivity contribution is 0.304. The fourth-order valence-corrected chi connectivity index (χ4v) is 3.32. The molecule has 0 unspecified atom stereocenters. The Balaban J connectivity index is 0.000000195. The molecule has 3 aromatic carbocycles. The van der Waals surface area contributed by atoms with E-state index < -0.39 is 0 Å². The number of para-hydroxylation sites is 2. The lowest BCUT2D eigenvalue weighted by atomic mass is 10.2. The number of rotatable bonds is 1. The van der Waals surface area contributed by atoms with Crippen LogP contribution in [0.2, 0.25) is 6.04 Å². The number of phenolic OH excluding ortho intramolecular Hbond substituents is 3. The van der Waals surface area contributed by atoms with Gasteiger partial charge in [-0.25, -0.2) is 0 Å². The maximum Gasteiger partial charge on any atom is 0.161 e. The lowest BCUT2D eigenvalue weighted by Gasteiger charge is -2.07. The van der Waals surface area contributed by atoms with Crippen molar-refractivity contribution in [2.24, 2.45) is 0 Å². The highest BCUT2D eigenvalue weighted by atomic mass is 28.2. The van der Waals surface area contributed by atoms with Gasteiger partial charge in [0, 0.05) is 6.61 Å². The van der Waals surface area contributed by atoms with Crippen LogP contribution in [0.5, 0.6) is 17.2 Å². The summed E-state index contributed by atoms with van der Waals surface area (Å²) in [5.41, 5.74) is 1.02. The molecule has 3 N–H and O–H groups in total. The van der Waals surface area contributed by atoms with Crippen molar-refractivity contribution >= 4 is 15.8 Å². The molecule has 4 nitrogen and oxygen atoms in total. The summed E-state index contributed by atoms with van der Waals surface area (Å²) in [6.45, 7) is 4.64. The smallest absolute Gasteiger partial charge is 0.161 e. The number of hydrogen-bond acceptors (Lipinski definition) is 4. The van der Waals surface area contributed by atoms with Gasteiger partial charge in [-0.2, -0.15) is 0 Å². The highest BCUT2D eigenvalue weighted by Gasteiger charge is 1.96. The number of aromatic hydroxyl groups is 3. The minimum atomic E-state index is 0.00849. The summed E-state index contributed by atoms with van der Waals surface area (Å²) in [4.78, 5) is 0. The van der Waals surface area contributed by atoms with Gasteiger partial charge in [0.25, 0.3) is 0 Å². The molecule has 1 heterocycles. The van der Waals surface area contributed by atoms with Gasteiger partial charge in [0.2, 0.25) is 0 Å². The molecule has 0 radical (unpaired) electrons. The van der Waals surface area contributed by atoms with E-state index in [9.17, 15) is 0 Å². The fourth-order valence-electron chi connectivity index (χ4n) is 2.15. The molecule has 1 aliphatic heterocycles. The largest absolute Gasteiger partial charge is 0.508 e. The summed E-state index contributed by atoms with van der Waals surface area (Å²) >= 11 is 0. The van der Waals surface area contributed by atoms with Crippen molar-refractivity contribution in [3.8, 4) is 17.2 Å².